The lowest BCUT2D eigenvalue weighted by molar-refractivity contribution is -0.0331. The normalized spacial score (nSPS) is 23.5. The summed E-state index contributed by atoms with van der Waals surface area (Å²) in [5.41, 5.74) is -0.955. The molecule has 2 unspecified atom stereocenters. The summed E-state index contributed by atoms with van der Waals surface area (Å²) in [4.78, 5) is 18.4. The summed E-state index contributed by atoms with van der Waals surface area (Å²) in [5.74, 6) is 1.08. The van der Waals surface area contributed by atoms with Crippen molar-refractivity contribution in [2.75, 3.05) is 13.7 Å². The molecule has 2 atom stereocenters. The van der Waals surface area contributed by atoms with Crippen molar-refractivity contribution in [1.82, 2.24) is 9.88 Å². The van der Waals surface area contributed by atoms with Gasteiger partial charge in [0.05, 0.1) is 13.3 Å². The van der Waals surface area contributed by atoms with Crippen LogP contribution in [0.15, 0.2) is 12.3 Å². The molecule has 0 saturated carbocycles. The quantitative estimate of drug-likeness (QED) is 0.704. The monoisotopic (exact) mass is 384 g/mol. The summed E-state index contributed by atoms with van der Waals surface area (Å²) < 4.78 is 17.0. The molecule has 0 N–H and O–H groups in total. The Labute approximate surface area is 160 Å². The summed E-state index contributed by atoms with van der Waals surface area (Å²) in [6, 6.07) is 1.78. The van der Waals surface area contributed by atoms with Gasteiger partial charge in [-0.25, -0.2) is 9.78 Å². The molecule has 26 heavy (non-hydrogen) atoms. The van der Waals surface area contributed by atoms with Gasteiger partial charge in [-0.05, 0) is 34.1 Å². The van der Waals surface area contributed by atoms with Crippen LogP contribution in [0.4, 0.5) is 4.79 Å². The molecule has 1 fully saturated rings. The lowest BCUT2D eigenvalue weighted by atomic mass is 9.86. The minimum atomic E-state index is -0.508. The molecule has 0 aromatic carbocycles. The lowest BCUT2D eigenvalue weighted by Crippen LogP contribution is -2.54. The topological polar surface area (TPSA) is 60.9 Å². The van der Waals surface area contributed by atoms with Crippen molar-refractivity contribution in [3.05, 3.63) is 17.4 Å². The number of rotatable bonds is 4. The number of hydrogen-bond acceptors (Lipinski definition) is 5. The largest absolute Gasteiger partial charge is 0.495 e. The Morgan fingerprint density at radius 2 is 2.15 bits per heavy atom. The van der Waals surface area contributed by atoms with E-state index in [0.29, 0.717) is 36.0 Å². The number of nitrogens with zero attached hydrogens (tertiary/aromatic N) is 2. The minimum Gasteiger partial charge on any atom is -0.495 e. The predicted octanol–water partition coefficient (Wildman–Crippen LogP) is 4.69. The summed E-state index contributed by atoms with van der Waals surface area (Å²) in [5, 5.41) is 0.301. The fraction of sp³-hybridized carbons (Fsp3) is 0.684. The molecule has 0 bridgehead atoms. The highest BCUT2D eigenvalue weighted by Gasteiger charge is 2.41. The van der Waals surface area contributed by atoms with Gasteiger partial charge < -0.3 is 19.1 Å². The van der Waals surface area contributed by atoms with Crippen LogP contribution in [0.2, 0.25) is 5.15 Å². The van der Waals surface area contributed by atoms with E-state index in [4.69, 9.17) is 25.8 Å². The van der Waals surface area contributed by atoms with Crippen LogP contribution in [0.25, 0.3) is 0 Å². The van der Waals surface area contributed by atoms with Crippen molar-refractivity contribution >= 4 is 17.7 Å². The standard InChI is InChI=1S/C19H29ClN2O4/c1-7-13-11-19(5,8-9-22(13)17(23)26-18(2,3)4)25-15-10-14(24-6)12-21-16(15)20/h10,12-13H,7-9,11H2,1-6H3. The molecular weight excluding hydrogens is 356 g/mol. The van der Waals surface area contributed by atoms with E-state index < -0.39 is 11.2 Å². The van der Waals surface area contributed by atoms with E-state index in [1.165, 1.54) is 0 Å². The Morgan fingerprint density at radius 3 is 2.73 bits per heavy atom. The molecule has 2 rings (SSSR count). The first kappa shape index (κ1) is 20.6. The molecule has 1 aromatic heterocycles. The second-order valence-corrected chi connectivity index (χ2v) is 8.26. The van der Waals surface area contributed by atoms with Gasteiger partial charge in [0.2, 0.25) is 0 Å². The SMILES string of the molecule is CCC1CC(C)(Oc2cc(OC)cnc2Cl)CCN1C(=O)OC(C)(C)C. The third-order valence-electron chi connectivity index (χ3n) is 4.46. The van der Waals surface area contributed by atoms with Crippen LogP contribution in [0.5, 0.6) is 11.5 Å². The van der Waals surface area contributed by atoms with E-state index >= 15 is 0 Å². The molecule has 0 aliphatic carbocycles. The first-order valence-corrected chi connectivity index (χ1v) is 9.33. The minimum absolute atomic E-state index is 0.0425. The summed E-state index contributed by atoms with van der Waals surface area (Å²) >= 11 is 6.18. The van der Waals surface area contributed by atoms with Crippen molar-refractivity contribution < 1.29 is 19.0 Å². The summed E-state index contributed by atoms with van der Waals surface area (Å²) in [6.07, 6.45) is 3.47. The van der Waals surface area contributed by atoms with Crippen LogP contribution in [0.1, 0.15) is 53.9 Å². The van der Waals surface area contributed by atoms with Crippen LogP contribution >= 0.6 is 11.6 Å². The highest BCUT2D eigenvalue weighted by molar-refractivity contribution is 6.30. The van der Waals surface area contributed by atoms with Gasteiger partial charge in [0.25, 0.3) is 0 Å². The van der Waals surface area contributed by atoms with E-state index in [9.17, 15) is 4.79 Å². The third kappa shape index (κ3) is 5.16. The van der Waals surface area contributed by atoms with E-state index in [-0.39, 0.29) is 12.1 Å². The fourth-order valence-electron chi connectivity index (χ4n) is 3.13. The van der Waals surface area contributed by atoms with Crippen LogP contribution in [-0.4, -0.2) is 46.9 Å². The Bertz CT molecular complexity index is 647. The molecule has 1 aromatic rings. The number of ether oxygens (including phenoxy) is 3. The number of halogens is 1. The van der Waals surface area contributed by atoms with Crippen molar-refractivity contribution in [3.8, 4) is 11.5 Å². The van der Waals surface area contributed by atoms with Gasteiger partial charge in [-0.2, -0.15) is 0 Å². The van der Waals surface area contributed by atoms with E-state index in [0.717, 1.165) is 6.42 Å². The Morgan fingerprint density at radius 1 is 1.46 bits per heavy atom. The predicted molar refractivity (Wildman–Crippen MR) is 101 cm³/mol. The molecule has 2 heterocycles. The first-order valence-electron chi connectivity index (χ1n) is 8.95. The van der Waals surface area contributed by atoms with Crippen LogP contribution in [0, 0.1) is 0 Å². The first-order chi connectivity index (χ1) is 12.1. The van der Waals surface area contributed by atoms with Crippen molar-refractivity contribution in [3.63, 3.8) is 0 Å². The van der Waals surface area contributed by atoms with Gasteiger partial charge in [-0.1, -0.05) is 18.5 Å². The Kier molecular flexibility index (Phi) is 6.27. The molecule has 7 heteroatoms. The summed E-state index contributed by atoms with van der Waals surface area (Å²) in [6.45, 7) is 10.3. The molecule has 1 aliphatic rings. The average Bonchev–Trinajstić information content (AvgIpc) is 2.54. The maximum Gasteiger partial charge on any atom is 0.410 e. The number of methoxy groups -OCH3 is 1. The maximum atomic E-state index is 12.5. The third-order valence-corrected chi connectivity index (χ3v) is 4.75. The zero-order valence-electron chi connectivity index (χ0n) is 16.5. The van der Waals surface area contributed by atoms with Crippen LogP contribution in [0.3, 0.4) is 0 Å². The van der Waals surface area contributed by atoms with Crippen LogP contribution < -0.4 is 9.47 Å². The van der Waals surface area contributed by atoms with Gasteiger partial charge in [0.1, 0.15) is 17.0 Å². The zero-order chi connectivity index (χ0) is 19.5. The van der Waals surface area contributed by atoms with E-state index in [1.807, 2.05) is 32.6 Å². The van der Waals surface area contributed by atoms with E-state index in [2.05, 4.69) is 11.9 Å². The van der Waals surface area contributed by atoms with Crippen molar-refractivity contribution in [2.45, 2.75) is 71.1 Å². The van der Waals surface area contributed by atoms with Gasteiger partial charge in [-0.15, -0.1) is 0 Å². The molecule has 0 radical (unpaired) electrons. The highest BCUT2D eigenvalue weighted by atomic mass is 35.5. The molecule has 0 spiro atoms. The van der Waals surface area contributed by atoms with Gasteiger partial charge in [0.15, 0.2) is 10.9 Å². The molecular formula is C19H29ClN2O4. The van der Waals surface area contributed by atoms with Gasteiger partial charge in [0, 0.05) is 31.5 Å². The van der Waals surface area contributed by atoms with Gasteiger partial charge >= 0.3 is 6.09 Å². The van der Waals surface area contributed by atoms with E-state index in [1.54, 1.807) is 19.4 Å². The Balaban J connectivity index is 2.12. The number of carbonyl (C=O) groups is 1. The smallest absolute Gasteiger partial charge is 0.410 e. The second kappa shape index (κ2) is 7.91. The average molecular weight is 385 g/mol. The molecule has 6 nitrogen and oxygen atoms in total. The van der Waals surface area contributed by atoms with Crippen molar-refractivity contribution in [2.24, 2.45) is 0 Å². The molecule has 1 amide bonds. The zero-order valence-corrected chi connectivity index (χ0v) is 17.2. The fourth-order valence-corrected chi connectivity index (χ4v) is 3.27. The van der Waals surface area contributed by atoms with Crippen LogP contribution in [-0.2, 0) is 4.74 Å². The second-order valence-electron chi connectivity index (χ2n) is 7.91. The van der Waals surface area contributed by atoms with Gasteiger partial charge in [-0.3, -0.25) is 0 Å². The highest BCUT2D eigenvalue weighted by Crippen LogP contribution is 2.36. The molecule has 1 saturated heterocycles. The number of pyridine rings is 1. The Hall–Kier alpha value is -1.69. The number of carbonyl (C=O) groups excluding carboxylic acids is 1. The van der Waals surface area contributed by atoms with Crippen molar-refractivity contribution in [1.29, 1.82) is 0 Å². The maximum absolute atomic E-state index is 12.5. The number of aromatic nitrogens is 1. The number of amides is 1. The number of piperidine rings is 1. The lowest BCUT2D eigenvalue weighted by Gasteiger charge is -2.44. The number of likely N-dealkylation sites (tertiary alicyclic amines) is 1. The summed E-state index contributed by atoms with van der Waals surface area (Å²) in [7, 11) is 1.57. The molecule has 146 valence electrons. The molecule has 1 aliphatic heterocycles. The number of hydrogen-bond donors (Lipinski definition) is 0.